The fraction of sp³-hybridized carbons (Fsp3) is 0.286. The van der Waals surface area contributed by atoms with Gasteiger partial charge in [-0.3, -0.25) is 0 Å². The highest BCUT2D eigenvalue weighted by Crippen LogP contribution is 2.26. The predicted molar refractivity (Wildman–Crippen MR) is 80.6 cm³/mol. The Balaban J connectivity index is 2.34. The molecule has 0 aliphatic rings. The van der Waals surface area contributed by atoms with Crippen molar-refractivity contribution in [1.82, 2.24) is 9.97 Å². The van der Waals surface area contributed by atoms with Gasteiger partial charge in [-0.05, 0) is 31.5 Å². The molecule has 0 unspecified atom stereocenters. The van der Waals surface area contributed by atoms with Gasteiger partial charge in [0.05, 0.1) is 0 Å². The first-order valence-corrected chi connectivity index (χ1v) is 6.39. The Morgan fingerprint density at radius 3 is 2.58 bits per heavy atom. The van der Waals surface area contributed by atoms with Gasteiger partial charge in [0.15, 0.2) is 0 Å². The lowest BCUT2D eigenvalue weighted by Gasteiger charge is -2.17. The average Bonchev–Trinajstić information content (AvgIpc) is 2.37. The van der Waals surface area contributed by atoms with Crippen LogP contribution in [-0.4, -0.2) is 24.1 Å². The summed E-state index contributed by atoms with van der Waals surface area (Å²) in [7, 11) is 4.05. The van der Waals surface area contributed by atoms with Crippen molar-refractivity contribution in [1.29, 1.82) is 0 Å². The van der Waals surface area contributed by atoms with Gasteiger partial charge in [0.2, 0.25) is 0 Å². The van der Waals surface area contributed by atoms with Gasteiger partial charge in [-0.2, -0.15) is 0 Å². The molecular weight excluding hydrogens is 260 g/mol. The second kappa shape index (κ2) is 5.45. The summed E-state index contributed by atoms with van der Waals surface area (Å²) < 4.78 is 0. The molecule has 0 aliphatic heterocycles. The molecule has 100 valence electrons. The second-order valence-corrected chi connectivity index (χ2v) is 5.02. The summed E-state index contributed by atoms with van der Waals surface area (Å²) in [6.07, 6.45) is 1.46. The van der Waals surface area contributed by atoms with Crippen molar-refractivity contribution in [3.8, 4) is 0 Å². The van der Waals surface area contributed by atoms with Crippen molar-refractivity contribution in [3.63, 3.8) is 0 Å². The largest absolute Gasteiger partial charge is 0.377 e. The van der Waals surface area contributed by atoms with Crippen molar-refractivity contribution < 1.29 is 0 Å². The summed E-state index contributed by atoms with van der Waals surface area (Å²) in [5.41, 5.74) is 4.22. The van der Waals surface area contributed by atoms with Crippen molar-refractivity contribution in [2.75, 3.05) is 24.3 Å². The minimum atomic E-state index is 0.470. The van der Waals surface area contributed by atoms with Gasteiger partial charge in [0, 0.05) is 31.0 Å². The third-order valence-electron chi connectivity index (χ3n) is 2.98. The maximum Gasteiger partial charge on any atom is 0.138 e. The Morgan fingerprint density at radius 2 is 1.89 bits per heavy atom. The fourth-order valence-electron chi connectivity index (χ4n) is 1.86. The van der Waals surface area contributed by atoms with Gasteiger partial charge >= 0.3 is 0 Å². The molecule has 1 aromatic heterocycles. The molecule has 2 aromatic rings. The SMILES string of the molecule is Cc1ccc(Nc2ncnc(Cl)c2C)cc1N(C)C. The molecule has 0 fully saturated rings. The number of nitrogens with zero attached hydrogens (tertiary/aromatic N) is 3. The quantitative estimate of drug-likeness (QED) is 0.871. The number of hydrogen-bond donors (Lipinski definition) is 1. The molecule has 0 atom stereocenters. The van der Waals surface area contributed by atoms with Gasteiger partial charge in [-0.15, -0.1) is 0 Å². The van der Waals surface area contributed by atoms with E-state index in [0.29, 0.717) is 5.15 Å². The van der Waals surface area contributed by atoms with E-state index in [2.05, 4.69) is 39.2 Å². The van der Waals surface area contributed by atoms with Gasteiger partial charge < -0.3 is 10.2 Å². The van der Waals surface area contributed by atoms with E-state index in [9.17, 15) is 0 Å². The summed E-state index contributed by atoms with van der Waals surface area (Å²) in [6.45, 7) is 3.98. The summed E-state index contributed by atoms with van der Waals surface area (Å²) in [6, 6.07) is 6.19. The zero-order valence-electron chi connectivity index (χ0n) is 11.5. The van der Waals surface area contributed by atoms with Crippen LogP contribution < -0.4 is 10.2 Å². The molecule has 0 aliphatic carbocycles. The molecule has 0 spiro atoms. The van der Waals surface area contributed by atoms with E-state index < -0.39 is 0 Å². The normalized spacial score (nSPS) is 10.4. The average molecular weight is 277 g/mol. The monoisotopic (exact) mass is 276 g/mol. The summed E-state index contributed by atoms with van der Waals surface area (Å²) >= 11 is 5.99. The van der Waals surface area contributed by atoms with Crippen LogP contribution in [0, 0.1) is 13.8 Å². The van der Waals surface area contributed by atoms with Crippen molar-refractivity contribution in [2.24, 2.45) is 0 Å². The molecule has 5 heteroatoms. The van der Waals surface area contributed by atoms with Crippen LogP contribution in [0.15, 0.2) is 24.5 Å². The van der Waals surface area contributed by atoms with Crippen molar-refractivity contribution >= 4 is 28.8 Å². The molecule has 1 heterocycles. The van der Waals surface area contributed by atoms with Crippen LogP contribution in [0.5, 0.6) is 0 Å². The minimum absolute atomic E-state index is 0.470. The number of halogens is 1. The Bertz CT molecular complexity index is 596. The number of aryl methyl sites for hydroxylation is 1. The van der Waals surface area contributed by atoms with E-state index in [1.807, 2.05) is 27.1 Å². The number of benzene rings is 1. The Kier molecular flexibility index (Phi) is 3.90. The summed E-state index contributed by atoms with van der Waals surface area (Å²) in [5, 5.41) is 3.74. The maximum atomic E-state index is 5.99. The van der Waals surface area contributed by atoms with E-state index in [4.69, 9.17) is 11.6 Å². The molecule has 0 saturated carbocycles. The van der Waals surface area contributed by atoms with Crippen LogP contribution in [0.1, 0.15) is 11.1 Å². The molecule has 19 heavy (non-hydrogen) atoms. The number of nitrogens with one attached hydrogen (secondary N) is 1. The van der Waals surface area contributed by atoms with Crippen molar-refractivity contribution in [2.45, 2.75) is 13.8 Å². The summed E-state index contributed by atoms with van der Waals surface area (Å²) in [5.74, 6) is 0.730. The van der Waals surface area contributed by atoms with Crippen LogP contribution in [0.4, 0.5) is 17.2 Å². The minimum Gasteiger partial charge on any atom is -0.377 e. The van der Waals surface area contributed by atoms with Gasteiger partial charge in [0.1, 0.15) is 17.3 Å². The molecule has 0 saturated heterocycles. The first-order valence-electron chi connectivity index (χ1n) is 6.01. The van der Waals surface area contributed by atoms with Crippen LogP contribution in [0.25, 0.3) is 0 Å². The van der Waals surface area contributed by atoms with E-state index in [1.54, 1.807) is 0 Å². The van der Waals surface area contributed by atoms with E-state index in [1.165, 1.54) is 17.6 Å². The molecule has 4 nitrogen and oxygen atoms in total. The molecule has 0 amide bonds. The number of aromatic nitrogens is 2. The van der Waals surface area contributed by atoms with Gasteiger partial charge in [-0.1, -0.05) is 17.7 Å². The van der Waals surface area contributed by atoms with Crippen LogP contribution in [0.3, 0.4) is 0 Å². The molecule has 1 aromatic carbocycles. The van der Waals surface area contributed by atoms with Crippen LogP contribution in [-0.2, 0) is 0 Å². The lowest BCUT2D eigenvalue weighted by molar-refractivity contribution is 1.11. The fourth-order valence-corrected chi connectivity index (χ4v) is 1.99. The van der Waals surface area contributed by atoms with Crippen LogP contribution >= 0.6 is 11.6 Å². The first kappa shape index (κ1) is 13.6. The highest BCUT2D eigenvalue weighted by Gasteiger charge is 2.07. The zero-order valence-corrected chi connectivity index (χ0v) is 12.3. The second-order valence-electron chi connectivity index (χ2n) is 4.66. The smallest absolute Gasteiger partial charge is 0.138 e. The first-order chi connectivity index (χ1) is 8.99. The molecule has 1 N–H and O–H groups in total. The standard InChI is InChI=1S/C14H17ClN4/c1-9-5-6-11(7-12(9)19(3)4)18-14-10(2)13(15)16-8-17-14/h5-8H,1-4H3,(H,16,17,18). The van der Waals surface area contributed by atoms with E-state index in [-0.39, 0.29) is 0 Å². The lowest BCUT2D eigenvalue weighted by Crippen LogP contribution is -2.10. The molecule has 0 bridgehead atoms. The number of hydrogen-bond acceptors (Lipinski definition) is 4. The van der Waals surface area contributed by atoms with E-state index >= 15 is 0 Å². The van der Waals surface area contributed by atoms with Gasteiger partial charge in [-0.25, -0.2) is 9.97 Å². The lowest BCUT2D eigenvalue weighted by atomic mass is 10.1. The molecule has 2 rings (SSSR count). The zero-order chi connectivity index (χ0) is 14.0. The maximum absolute atomic E-state index is 5.99. The topological polar surface area (TPSA) is 41.1 Å². The Morgan fingerprint density at radius 1 is 1.16 bits per heavy atom. The van der Waals surface area contributed by atoms with Crippen LogP contribution in [0.2, 0.25) is 5.15 Å². The third-order valence-corrected chi connectivity index (χ3v) is 3.36. The van der Waals surface area contributed by atoms with E-state index in [0.717, 1.165) is 17.1 Å². The van der Waals surface area contributed by atoms with Crippen molar-refractivity contribution in [3.05, 3.63) is 40.8 Å². The molecular formula is C14H17ClN4. The number of rotatable bonds is 3. The van der Waals surface area contributed by atoms with Gasteiger partial charge in [0.25, 0.3) is 0 Å². The third kappa shape index (κ3) is 2.96. The predicted octanol–water partition coefficient (Wildman–Crippen LogP) is 3.56. The highest BCUT2D eigenvalue weighted by atomic mass is 35.5. The Labute approximate surface area is 118 Å². The summed E-state index contributed by atoms with van der Waals surface area (Å²) in [4.78, 5) is 10.2. The Hall–Kier alpha value is -1.81. The highest BCUT2D eigenvalue weighted by molar-refractivity contribution is 6.30. The molecule has 0 radical (unpaired) electrons. The number of anilines is 3.